The van der Waals surface area contributed by atoms with Gasteiger partial charge in [-0.1, -0.05) is 18.2 Å². The van der Waals surface area contributed by atoms with Crippen molar-refractivity contribution in [1.82, 2.24) is 9.84 Å². The summed E-state index contributed by atoms with van der Waals surface area (Å²) < 4.78 is 35.2. The third kappa shape index (κ3) is 5.92. The molecule has 9 nitrogen and oxygen atoms in total. The van der Waals surface area contributed by atoms with Gasteiger partial charge in [-0.15, -0.1) is 4.83 Å². The van der Waals surface area contributed by atoms with Gasteiger partial charge in [0.25, 0.3) is 10.0 Å². The van der Waals surface area contributed by atoms with Crippen LogP contribution in [0, 0.1) is 6.92 Å². The Hall–Kier alpha value is -1.29. The maximum atomic E-state index is 12.1. The van der Waals surface area contributed by atoms with E-state index in [0.717, 1.165) is 0 Å². The van der Waals surface area contributed by atoms with E-state index in [1.165, 1.54) is 12.1 Å². The summed E-state index contributed by atoms with van der Waals surface area (Å²) in [5.41, 5.74) is 0.413. The molecule has 0 unspecified atom stereocenters. The first kappa shape index (κ1) is 17.8. The zero-order valence-electron chi connectivity index (χ0n) is 11.0. The first-order chi connectivity index (χ1) is 9.51. The number of carboxylic acids is 1. The molecule has 0 bridgehead atoms. The topological polar surface area (TPSA) is 144 Å². The Morgan fingerprint density at radius 1 is 1.33 bits per heavy atom. The number of aryl methyl sites for hydroxylation is 1. The number of nitrogens with zero attached hydrogens (tertiary/aromatic N) is 1. The van der Waals surface area contributed by atoms with Gasteiger partial charge in [-0.05, 0) is 18.6 Å². The van der Waals surface area contributed by atoms with Gasteiger partial charge in [-0.25, -0.2) is 13.4 Å². The molecule has 0 amide bonds. The van der Waals surface area contributed by atoms with Crippen LogP contribution in [0.1, 0.15) is 5.56 Å². The molecule has 21 heavy (non-hydrogen) atoms. The third-order valence-electron chi connectivity index (χ3n) is 2.31. The Kier molecular flexibility index (Phi) is 5.62. The number of sulfonamides is 1. The molecule has 1 rings (SSSR count). The number of aliphatic carboxylic acids is 1. The normalized spacial score (nSPS) is 12.6. The van der Waals surface area contributed by atoms with Crippen molar-refractivity contribution in [2.45, 2.75) is 11.8 Å². The third-order valence-corrected chi connectivity index (χ3v) is 4.56. The van der Waals surface area contributed by atoms with Crippen LogP contribution < -0.4 is 4.83 Å². The summed E-state index contributed by atoms with van der Waals surface area (Å²) in [5.74, 6) is -1.43. The molecular weight excluding hydrogens is 323 g/mol. The predicted octanol–water partition coefficient (Wildman–Crippen LogP) is -0.290. The zero-order valence-corrected chi connectivity index (χ0v) is 12.7. The Bertz CT molecular complexity index is 670. The lowest BCUT2D eigenvalue weighted by atomic mass is 10.2. The van der Waals surface area contributed by atoms with Gasteiger partial charge in [0.1, 0.15) is 12.8 Å². The highest BCUT2D eigenvalue weighted by Gasteiger charge is 2.26. The molecule has 1 aromatic carbocycles. The molecule has 0 saturated heterocycles. The summed E-state index contributed by atoms with van der Waals surface area (Å²) in [4.78, 5) is 30.2. The van der Waals surface area contributed by atoms with Crippen LogP contribution in [0.15, 0.2) is 29.2 Å². The number of carbonyl (C=O) groups is 1. The highest BCUT2D eigenvalue weighted by atomic mass is 32.2. The van der Waals surface area contributed by atoms with Crippen molar-refractivity contribution in [3.8, 4) is 0 Å². The van der Waals surface area contributed by atoms with Gasteiger partial charge in [0, 0.05) is 0 Å². The molecule has 0 spiro atoms. The summed E-state index contributed by atoms with van der Waals surface area (Å²) in [5, 5.41) is 9.12. The molecule has 0 aliphatic heterocycles. The number of hydrogen-bond acceptors (Lipinski definition) is 5. The first-order valence-electron chi connectivity index (χ1n) is 5.61. The quantitative estimate of drug-likeness (QED) is 0.392. The minimum atomic E-state index is -4.63. The standard InChI is InChI=1S/C10H15N2O7PS/c1-8-4-2-3-5-9(8)21(18,19)11-12(6-10(13)14)7-20(15,16)17/h2-5,11H,6-7H2,1H3,(H,13,14)(H2,15,16,17). The molecular formula is C10H15N2O7PS. The second-order valence-electron chi connectivity index (χ2n) is 4.26. The van der Waals surface area contributed by atoms with Crippen LogP contribution in [0.25, 0.3) is 0 Å². The van der Waals surface area contributed by atoms with Crippen LogP contribution in [0.2, 0.25) is 0 Å². The van der Waals surface area contributed by atoms with Crippen LogP contribution in [-0.2, 0) is 19.4 Å². The summed E-state index contributed by atoms with van der Waals surface area (Å²) in [6.45, 7) is 0.648. The molecule has 0 aromatic heterocycles. The Labute approximate surface area is 121 Å². The van der Waals surface area contributed by atoms with Crippen LogP contribution in [0.3, 0.4) is 0 Å². The number of hydrazine groups is 1. The van der Waals surface area contributed by atoms with E-state index in [1.807, 2.05) is 4.83 Å². The van der Waals surface area contributed by atoms with Gasteiger partial charge < -0.3 is 14.9 Å². The minimum Gasteiger partial charge on any atom is -0.480 e. The fourth-order valence-corrected chi connectivity index (χ4v) is 3.60. The zero-order chi connectivity index (χ0) is 16.3. The van der Waals surface area contributed by atoms with Crippen molar-refractivity contribution in [2.75, 3.05) is 12.8 Å². The van der Waals surface area contributed by atoms with Crippen molar-refractivity contribution in [1.29, 1.82) is 0 Å². The summed E-state index contributed by atoms with van der Waals surface area (Å²) in [7, 11) is -8.77. The van der Waals surface area contributed by atoms with E-state index in [-0.39, 0.29) is 4.90 Å². The van der Waals surface area contributed by atoms with Crippen LogP contribution in [-0.4, -0.2) is 47.1 Å². The van der Waals surface area contributed by atoms with E-state index in [0.29, 0.717) is 10.6 Å². The summed E-state index contributed by atoms with van der Waals surface area (Å²) in [6.07, 6.45) is -1.05. The van der Waals surface area contributed by atoms with E-state index in [9.17, 15) is 17.8 Å². The SMILES string of the molecule is Cc1ccccc1S(=O)(=O)NN(CC(=O)O)CP(=O)(O)O. The van der Waals surface area contributed by atoms with Gasteiger partial charge in [0.05, 0.1) is 4.90 Å². The molecule has 0 aliphatic rings. The van der Waals surface area contributed by atoms with E-state index in [1.54, 1.807) is 19.1 Å². The predicted molar refractivity (Wildman–Crippen MR) is 72.8 cm³/mol. The molecule has 0 fully saturated rings. The van der Waals surface area contributed by atoms with Gasteiger partial charge in [-0.3, -0.25) is 9.36 Å². The van der Waals surface area contributed by atoms with Crippen LogP contribution in [0.4, 0.5) is 0 Å². The number of nitrogens with one attached hydrogen (secondary N) is 1. The molecule has 118 valence electrons. The fraction of sp³-hybridized carbons (Fsp3) is 0.300. The molecule has 11 heteroatoms. The number of hydrogen-bond donors (Lipinski definition) is 4. The number of benzene rings is 1. The average molecular weight is 338 g/mol. The number of carboxylic acid groups (broad SMARTS) is 1. The van der Waals surface area contributed by atoms with Gasteiger partial charge >= 0.3 is 13.6 Å². The first-order valence-corrected chi connectivity index (χ1v) is 8.89. The Balaban J connectivity index is 3.04. The van der Waals surface area contributed by atoms with Crippen molar-refractivity contribution < 1.29 is 32.7 Å². The van der Waals surface area contributed by atoms with Crippen LogP contribution in [0.5, 0.6) is 0 Å². The van der Waals surface area contributed by atoms with E-state index < -0.39 is 36.4 Å². The fourth-order valence-electron chi connectivity index (χ4n) is 1.57. The highest BCUT2D eigenvalue weighted by Crippen LogP contribution is 2.34. The lowest BCUT2D eigenvalue weighted by Gasteiger charge is -2.21. The number of rotatable bonds is 7. The molecule has 0 atom stereocenters. The van der Waals surface area contributed by atoms with Crippen molar-refractivity contribution in [3.05, 3.63) is 29.8 Å². The van der Waals surface area contributed by atoms with Crippen LogP contribution >= 0.6 is 7.60 Å². The second-order valence-corrected chi connectivity index (χ2v) is 7.50. The van der Waals surface area contributed by atoms with Crippen molar-refractivity contribution >= 4 is 23.6 Å². The Morgan fingerprint density at radius 3 is 2.38 bits per heavy atom. The van der Waals surface area contributed by atoms with Crippen molar-refractivity contribution in [3.63, 3.8) is 0 Å². The highest BCUT2D eigenvalue weighted by molar-refractivity contribution is 7.89. The van der Waals surface area contributed by atoms with Gasteiger partial charge in [-0.2, -0.15) is 0 Å². The van der Waals surface area contributed by atoms with E-state index in [4.69, 9.17) is 14.9 Å². The molecule has 0 aliphatic carbocycles. The van der Waals surface area contributed by atoms with E-state index in [2.05, 4.69) is 0 Å². The lowest BCUT2D eigenvalue weighted by Crippen LogP contribution is -2.45. The molecule has 0 heterocycles. The monoisotopic (exact) mass is 338 g/mol. The van der Waals surface area contributed by atoms with E-state index >= 15 is 0 Å². The Morgan fingerprint density at radius 2 is 1.90 bits per heavy atom. The minimum absolute atomic E-state index is 0.105. The summed E-state index contributed by atoms with van der Waals surface area (Å²) in [6, 6.07) is 5.94. The molecule has 4 N–H and O–H groups in total. The summed E-state index contributed by atoms with van der Waals surface area (Å²) >= 11 is 0. The smallest absolute Gasteiger partial charge is 0.340 e. The average Bonchev–Trinajstić information content (AvgIpc) is 2.24. The largest absolute Gasteiger partial charge is 0.480 e. The molecule has 0 radical (unpaired) electrons. The lowest BCUT2D eigenvalue weighted by molar-refractivity contribution is -0.138. The maximum Gasteiger partial charge on any atom is 0.340 e. The van der Waals surface area contributed by atoms with Gasteiger partial charge in [0.2, 0.25) is 0 Å². The second kappa shape index (κ2) is 6.65. The molecule has 1 aromatic rings. The maximum absolute atomic E-state index is 12.1. The van der Waals surface area contributed by atoms with Gasteiger partial charge in [0.15, 0.2) is 0 Å². The molecule has 0 saturated carbocycles. The van der Waals surface area contributed by atoms with Crippen molar-refractivity contribution in [2.24, 2.45) is 0 Å².